The molecule has 0 fully saturated rings. The van der Waals surface area contributed by atoms with Gasteiger partial charge in [0.05, 0.1) is 4.92 Å². The molecule has 0 unspecified atom stereocenters. The number of alkyl carbamates (subject to hydrolysis) is 1. The minimum Gasteiger partial charge on any atom is -0.481 e. The monoisotopic (exact) mass is 658 g/mol. The Kier molecular flexibility index (Phi) is 14.1. The SMILES string of the molecule is CC(=O)O.CC(C)(C)OC(=O)NCc1ccc(NC(=O)c2csnn2)cc1.O=C(NCc1ccc([N+](=O)[O-])cc1)c1csnn1. The van der Waals surface area contributed by atoms with Crippen molar-refractivity contribution in [1.29, 1.82) is 0 Å². The Hall–Kier alpha value is -5.36. The minimum absolute atomic E-state index is 0.0220. The van der Waals surface area contributed by atoms with E-state index in [0.29, 0.717) is 12.2 Å². The molecule has 0 atom stereocenters. The number of rotatable bonds is 8. The first-order chi connectivity index (χ1) is 21.2. The van der Waals surface area contributed by atoms with Gasteiger partial charge in [0.15, 0.2) is 11.4 Å². The molecule has 4 rings (SSSR count). The first-order valence-electron chi connectivity index (χ1n) is 12.9. The second-order valence-corrected chi connectivity index (χ2v) is 10.9. The number of anilines is 1. The van der Waals surface area contributed by atoms with Gasteiger partial charge < -0.3 is 25.8 Å². The molecule has 0 aliphatic heterocycles. The van der Waals surface area contributed by atoms with E-state index in [1.165, 1.54) is 12.1 Å². The highest BCUT2D eigenvalue weighted by atomic mass is 32.1. The normalized spacial score (nSPS) is 10.1. The summed E-state index contributed by atoms with van der Waals surface area (Å²) in [5.74, 6) is -1.46. The van der Waals surface area contributed by atoms with Crippen molar-refractivity contribution >= 4 is 58.3 Å². The maximum Gasteiger partial charge on any atom is 0.407 e. The predicted octanol–water partition coefficient (Wildman–Crippen LogP) is 4.28. The number of hydrogen-bond acceptors (Lipinski definition) is 13. The van der Waals surface area contributed by atoms with Crippen LogP contribution in [0.3, 0.4) is 0 Å². The standard InChI is InChI=1S/C15H18N4O3S.C10H8N4O3S.C2H4O2/c1-15(2,3)22-14(21)16-8-10-4-6-11(7-5-10)17-13(20)12-9-23-19-18-12;15-10(9-6-18-13-12-9)11-5-7-1-3-8(4-2-7)14(16)17;1-2(3)4/h4-7,9H,8H2,1-3H3,(H,16,21)(H,17,20);1-4,6H,5H2,(H,11,15);1H3,(H,3,4). The number of nitrogens with one attached hydrogen (secondary N) is 3. The second-order valence-electron chi connectivity index (χ2n) is 9.71. The summed E-state index contributed by atoms with van der Waals surface area (Å²) in [5.41, 5.74) is 2.36. The lowest BCUT2D eigenvalue weighted by Crippen LogP contribution is -2.32. The summed E-state index contributed by atoms with van der Waals surface area (Å²) in [7, 11) is 0. The Bertz CT molecular complexity index is 1540. The third kappa shape index (κ3) is 14.6. The lowest BCUT2D eigenvalue weighted by Gasteiger charge is -2.19. The van der Waals surface area contributed by atoms with Gasteiger partial charge in [0.25, 0.3) is 23.5 Å². The Morgan fingerprint density at radius 1 is 0.844 bits per heavy atom. The summed E-state index contributed by atoms with van der Waals surface area (Å²) in [5, 5.41) is 36.4. The molecule has 238 valence electrons. The number of benzene rings is 2. The number of ether oxygens (including phenoxy) is 1. The average Bonchev–Trinajstić information content (AvgIpc) is 3.70. The molecule has 2 aromatic carbocycles. The molecule has 0 saturated heterocycles. The van der Waals surface area contributed by atoms with Crippen LogP contribution in [-0.4, -0.2) is 58.7 Å². The van der Waals surface area contributed by atoms with Crippen molar-refractivity contribution < 1.29 is 33.9 Å². The van der Waals surface area contributed by atoms with Crippen LogP contribution in [-0.2, 0) is 22.6 Å². The second kappa shape index (κ2) is 17.7. The van der Waals surface area contributed by atoms with Crippen molar-refractivity contribution in [1.82, 2.24) is 29.8 Å². The van der Waals surface area contributed by atoms with Crippen molar-refractivity contribution in [3.63, 3.8) is 0 Å². The number of aromatic nitrogens is 4. The van der Waals surface area contributed by atoms with Crippen LogP contribution in [0.1, 0.15) is 59.8 Å². The Morgan fingerprint density at radius 3 is 1.76 bits per heavy atom. The van der Waals surface area contributed by atoms with Gasteiger partial charge in [0.2, 0.25) is 0 Å². The van der Waals surface area contributed by atoms with Crippen LogP contribution in [0.5, 0.6) is 0 Å². The molecule has 45 heavy (non-hydrogen) atoms. The fourth-order valence-corrected chi connectivity index (χ4v) is 3.80. The third-order valence-electron chi connectivity index (χ3n) is 4.83. The van der Waals surface area contributed by atoms with Crippen LogP contribution in [0.25, 0.3) is 0 Å². The van der Waals surface area contributed by atoms with Gasteiger partial charge in [-0.1, -0.05) is 33.2 Å². The molecule has 18 heteroatoms. The highest BCUT2D eigenvalue weighted by Crippen LogP contribution is 2.13. The van der Waals surface area contributed by atoms with Gasteiger partial charge in [-0.25, -0.2) is 4.79 Å². The summed E-state index contributed by atoms with van der Waals surface area (Å²) < 4.78 is 12.4. The molecule has 0 bridgehead atoms. The number of carbonyl (C=O) groups is 4. The number of aliphatic carboxylic acids is 1. The van der Waals surface area contributed by atoms with Crippen LogP contribution in [0.15, 0.2) is 59.3 Å². The Morgan fingerprint density at radius 2 is 1.31 bits per heavy atom. The van der Waals surface area contributed by atoms with Crippen molar-refractivity contribution in [2.45, 2.75) is 46.4 Å². The number of carboxylic acids is 1. The number of carboxylic acid groups (broad SMARTS) is 1. The van der Waals surface area contributed by atoms with Crippen LogP contribution in [0, 0.1) is 10.1 Å². The Balaban J connectivity index is 0.000000286. The van der Waals surface area contributed by atoms with Crippen molar-refractivity contribution in [2.24, 2.45) is 0 Å². The molecule has 2 heterocycles. The number of nitro groups is 1. The molecule has 4 aromatic rings. The molecule has 0 aliphatic rings. The minimum atomic E-state index is -0.833. The van der Waals surface area contributed by atoms with Crippen molar-refractivity contribution in [3.8, 4) is 0 Å². The number of nitro benzene ring substituents is 1. The highest BCUT2D eigenvalue weighted by molar-refractivity contribution is 7.03. The van der Waals surface area contributed by atoms with Crippen LogP contribution in [0.4, 0.5) is 16.2 Å². The van der Waals surface area contributed by atoms with Gasteiger partial charge in [0.1, 0.15) is 5.60 Å². The molecule has 16 nitrogen and oxygen atoms in total. The molecule has 0 saturated carbocycles. The molecular weight excluding hydrogens is 628 g/mol. The lowest BCUT2D eigenvalue weighted by molar-refractivity contribution is -0.384. The van der Waals surface area contributed by atoms with Crippen LogP contribution < -0.4 is 16.0 Å². The van der Waals surface area contributed by atoms with E-state index in [9.17, 15) is 24.5 Å². The van der Waals surface area contributed by atoms with E-state index in [1.807, 2.05) is 32.9 Å². The van der Waals surface area contributed by atoms with Gasteiger partial charge in [0, 0.05) is 48.6 Å². The van der Waals surface area contributed by atoms with E-state index in [4.69, 9.17) is 14.6 Å². The maximum absolute atomic E-state index is 11.8. The molecule has 0 radical (unpaired) electrons. The van der Waals surface area contributed by atoms with Crippen molar-refractivity contribution in [3.05, 3.63) is 91.9 Å². The lowest BCUT2D eigenvalue weighted by atomic mass is 10.2. The topological polar surface area (TPSA) is 229 Å². The fourth-order valence-electron chi connectivity index (χ4n) is 2.92. The Labute approximate surface area is 265 Å². The molecule has 4 N–H and O–H groups in total. The van der Waals surface area contributed by atoms with Gasteiger partial charge in [-0.2, -0.15) is 0 Å². The third-order valence-corrected chi connectivity index (χ3v) is 5.84. The average molecular weight is 659 g/mol. The van der Waals surface area contributed by atoms with E-state index in [1.54, 1.807) is 35.0 Å². The number of hydrogen-bond donors (Lipinski definition) is 4. The zero-order valence-corrected chi connectivity index (χ0v) is 26.2. The van der Waals surface area contributed by atoms with E-state index in [-0.39, 0.29) is 35.4 Å². The zero-order chi connectivity index (χ0) is 33.4. The first kappa shape index (κ1) is 35.8. The van der Waals surface area contributed by atoms with E-state index < -0.39 is 22.6 Å². The summed E-state index contributed by atoms with van der Waals surface area (Å²) in [6.07, 6.45) is -0.467. The largest absolute Gasteiger partial charge is 0.481 e. The van der Waals surface area contributed by atoms with E-state index in [0.717, 1.165) is 41.1 Å². The fraction of sp³-hybridized carbons (Fsp3) is 0.259. The van der Waals surface area contributed by atoms with Gasteiger partial charge in [-0.3, -0.25) is 24.5 Å². The summed E-state index contributed by atoms with van der Waals surface area (Å²) in [6, 6.07) is 13.1. The number of non-ortho nitro benzene ring substituents is 1. The van der Waals surface area contributed by atoms with Gasteiger partial charge in [-0.05, 0) is 67.1 Å². The van der Waals surface area contributed by atoms with Gasteiger partial charge in [-0.15, -0.1) is 10.2 Å². The molecule has 0 spiro atoms. The smallest absolute Gasteiger partial charge is 0.407 e. The summed E-state index contributed by atoms with van der Waals surface area (Å²) in [6.45, 7) is 7.14. The highest BCUT2D eigenvalue weighted by Gasteiger charge is 2.16. The molecule has 2 aromatic heterocycles. The molecule has 3 amide bonds. The first-order valence-corrected chi connectivity index (χ1v) is 14.5. The van der Waals surface area contributed by atoms with E-state index in [2.05, 4.69) is 35.1 Å². The zero-order valence-electron chi connectivity index (χ0n) is 24.5. The predicted molar refractivity (Wildman–Crippen MR) is 165 cm³/mol. The quantitative estimate of drug-likeness (QED) is 0.154. The molecule has 0 aliphatic carbocycles. The number of amides is 3. The molecular formula is C27H30N8O8S2. The van der Waals surface area contributed by atoms with E-state index >= 15 is 0 Å². The number of carbonyl (C=O) groups excluding carboxylic acids is 3. The number of nitrogens with zero attached hydrogens (tertiary/aromatic N) is 5. The van der Waals surface area contributed by atoms with Crippen LogP contribution >= 0.6 is 23.1 Å². The van der Waals surface area contributed by atoms with Gasteiger partial charge >= 0.3 is 6.09 Å². The maximum atomic E-state index is 11.8. The van der Waals surface area contributed by atoms with Crippen molar-refractivity contribution in [2.75, 3.05) is 5.32 Å². The summed E-state index contributed by atoms with van der Waals surface area (Å²) >= 11 is 2.22. The van der Waals surface area contributed by atoms with Crippen LogP contribution in [0.2, 0.25) is 0 Å². The summed E-state index contributed by atoms with van der Waals surface area (Å²) in [4.78, 5) is 53.9.